The van der Waals surface area contributed by atoms with E-state index in [2.05, 4.69) is 21.0 Å². The molecule has 2 rings (SSSR count). The average Bonchev–Trinajstić information content (AvgIpc) is 2.30. The Morgan fingerprint density at radius 3 is 2.72 bits per heavy atom. The molecule has 0 fully saturated rings. The van der Waals surface area contributed by atoms with Gasteiger partial charge in [-0.3, -0.25) is 10.2 Å². The van der Waals surface area contributed by atoms with Crippen LogP contribution in [0.4, 0.5) is 0 Å². The molecule has 92 valence electrons. The van der Waals surface area contributed by atoms with Crippen LogP contribution in [0.2, 0.25) is 0 Å². The summed E-state index contributed by atoms with van der Waals surface area (Å²) in [6.45, 7) is 1.78. The highest BCUT2D eigenvalue weighted by atomic mass is 79.9. The smallest absolute Gasteiger partial charge is 0.211 e. The highest BCUT2D eigenvalue weighted by Gasteiger charge is 2.11. The lowest BCUT2D eigenvalue weighted by Crippen LogP contribution is -2.27. The van der Waals surface area contributed by atoms with Crippen molar-refractivity contribution >= 4 is 21.8 Å². The van der Waals surface area contributed by atoms with Gasteiger partial charge in [-0.05, 0) is 35.0 Å². The number of amidine groups is 1. The molecule has 0 aliphatic rings. The lowest BCUT2D eigenvalue weighted by molar-refractivity contribution is 0.789. The Morgan fingerprint density at radius 2 is 2.11 bits per heavy atom. The van der Waals surface area contributed by atoms with Crippen molar-refractivity contribution in [3.05, 3.63) is 56.4 Å². The summed E-state index contributed by atoms with van der Waals surface area (Å²) in [5, 5.41) is 11.5. The van der Waals surface area contributed by atoms with E-state index in [1.54, 1.807) is 11.6 Å². The number of hydrogen-bond acceptors (Lipinski definition) is 3. The Kier molecular flexibility index (Phi) is 3.29. The molecule has 0 unspecified atom stereocenters. The monoisotopic (exact) mass is 306 g/mol. The maximum atomic E-state index is 11.6. The lowest BCUT2D eigenvalue weighted by Gasteiger charge is -2.12. The summed E-state index contributed by atoms with van der Waals surface area (Å²) in [6, 6.07) is 8.91. The fourth-order valence-electron chi connectivity index (χ4n) is 1.60. The fraction of sp³-hybridized carbons (Fsp3) is 0.0833. The molecule has 0 aliphatic heterocycles. The number of nitrogens with two attached hydrogens (primary N) is 1. The predicted molar refractivity (Wildman–Crippen MR) is 73.3 cm³/mol. The number of rotatable bonds is 2. The number of hydrogen-bond donors (Lipinski definition) is 2. The van der Waals surface area contributed by atoms with Crippen molar-refractivity contribution in [3.63, 3.8) is 0 Å². The number of nitrogen functional groups attached to an aromatic ring is 1. The Labute approximate surface area is 112 Å². The first-order valence-electron chi connectivity index (χ1n) is 5.21. The number of aryl methyl sites for hydroxylation is 1. The third-order valence-electron chi connectivity index (χ3n) is 2.44. The van der Waals surface area contributed by atoms with Crippen LogP contribution in [0.3, 0.4) is 0 Å². The van der Waals surface area contributed by atoms with Crippen molar-refractivity contribution in [1.29, 1.82) is 5.41 Å². The van der Waals surface area contributed by atoms with Gasteiger partial charge >= 0.3 is 0 Å². The fourth-order valence-corrected chi connectivity index (χ4v) is 2.05. The normalized spacial score (nSPS) is 10.3. The van der Waals surface area contributed by atoms with Crippen LogP contribution in [-0.2, 0) is 0 Å². The second-order valence-corrected chi connectivity index (χ2v) is 4.63. The second kappa shape index (κ2) is 4.73. The molecule has 0 aliphatic carbocycles. The maximum absolute atomic E-state index is 11.6. The van der Waals surface area contributed by atoms with Gasteiger partial charge in [0.05, 0.1) is 5.69 Å². The number of nitrogens with zero attached hydrogens (tertiary/aromatic N) is 2. The minimum atomic E-state index is -0.344. The zero-order valence-corrected chi connectivity index (χ0v) is 11.2. The third-order valence-corrected chi connectivity index (χ3v) is 3.11. The van der Waals surface area contributed by atoms with E-state index >= 15 is 0 Å². The van der Waals surface area contributed by atoms with E-state index in [0.29, 0.717) is 5.69 Å². The molecule has 0 atom stereocenters. The van der Waals surface area contributed by atoms with Gasteiger partial charge in [-0.25, -0.2) is 4.68 Å². The summed E-state index contributed by atoms with van der Waals surface area (Å²) in [6.07, 6.45) is 0. The van der Waals surface area contributed by atoms with Gasteiger partial charge in [-0.15, -0.1) is 0 Å². The van der Waals surface area contributed by atoms with E-state index in [1.807, 2.05) is 24.3 Å². The highest BCUT2D eigenvalue weighted by Crippen LogP contribution is 2.20. The van der Waals surface area contributed by atoms with E-state index in [-0.39, 0.29) is 17.0 Å². The molecule has 6 heteroatoms. The summed E-state index contributed by atoms with van der Waals surface area (Å²) in [5.41, 5.74) is 6.42. The largest absolute Gasteiger partial charge is 0.382 e. The molecule has 1 aromatic heterocycles. The number of halogens is 1. The number of aromatic nitrogens is 2. The van der Waals surface area contributed by atoms with Crippen molar-refractivity contribution in [3.8, 4) is 5.69 Å². The molecular weight excluding hydrogens is 296 g/mol. The van der Waals surface area contributed by atoms with E-state index in [4.69, 9.17) is 11.1 Å². The van der Waals surface area contributed by atoms with Crippen molar-refractivity contribution in [2.45, 2.75) is 6.92 Å². The number of para-hydroxylation sites is 1. The standard InChI is InChI=1S/C12H11BrN4O/c1-7-6-10(18)11(12(14)15)16-17(7)9-5-3-2-4-8(9)13/h2-6H,1H3,(H3,14,15). The molecule has 0 spiro atoms. The molecule has 3 N–H and O–H groups in total. The zero-order valence-electron chi connectivity index (χ0n) is 9.64. The molecule has 0 radical (unpaired) electrons. The van der Waals surface area contributed by atoms with E-state index in [1.165, 1.54) is 6.07 Å². The Morgan fingerprint density at radius 1 is 1.44 bits per heavy atom. The van der Waals surface area contributed by atoms with Crippen LogP contribution in [0.15, 0.2) is 39.6 Å². The van der Waals surface area contributed by atoms with Crippen LogP contribution < -0.4 is 11.2 Å². The summed E-state index contributed by atoms with van der Waals surface area (Å²) in [5.74, 6) is -0.333. The summed E-state index contributed by atoms with van der Waals surface area (Å²) in [4.78, 5) is 11.6. The minimum Gasteiger partial charge on any atom is -0.382 e. The van der Waals surface area contributed by atoms with Gasteiger partial charge in [0, 0.05) is 16.2 Å². The average molecular weight is 307 g/mol. The highest BCUT2D eigenvalue weighted by molar-refractivity contribution is 9.10. The van der Waals surface area contributed by atoms with Crippen molar-refractivity contribution in [1.82, 2.24) is 9.78 Å². The van der Waals surface area contributed by atoms with Gasteiger partial charge < -0.3 is 5.73 Å². The SMILES string of the molecule is Cc1cc(=O)c(C(=N)N)nn1-c1ccccc1Br. The zero-order chi connectivity index (χ0) is 13.3. The van der Waals surface area contributed by atoms with Gasteiger partial charge in [-0.2, -0.15) is 5.10 Å². The number of benzene rings is 1. The summed E-state index contributed by atoms with van der Waals surface area (Å²) >= 11 is 3.42. The van der Waals surface area contributed by atoms with Crippen LogP contribution in [0.25, 0.3) is 5.69 Å². The van der Waals surface area contributed by atoms with Crippen LogP contribution >= 0.6 is 15.9 Å². The number of nitrogens with one attached hydrogen (secondary N) is 1. The molecule has 0 bridgehead atoms. The van der Waals surface area contributed by atoms with Gasteiger partial charge in [0.2, 0.25) is 5.43 Å². The summed E-state index contributed by atoms with van der Waals surface area (Å²) in [7, 11) is 0. The molecule has 0 saturated carbocycles. The Bertz CT molecular complexity index is 678. The minimum absolute atomic E-state index is 0.0450. The van der Waals surface area contributed by atoms with Crippen molar-refractivity contribution in [2.24, 2.45) is 5.73 Å². The van der Waals surface area contributed by atoms with E-state index in [0.717, 1.165) is 10.2 Å². The molecular formula is C12H11BrN4O. The first kappa shape index (κ1) is 12.5. The maximum Gasteiger partial charge on any atom is 0.211 e. The van der Waals surface area contributed by atoms with Gasteiger partial charge in [0.1, 0.15) is 5.84 Å². The Balaban J connectivity index is 2.73. The van der Waals surface area contributed by atoms with Crippen LogP contribution in [0, 0.1) is 12.3 Å². The molecule has 2 aromatic rings. The van der Waals surface area contributed by atoms with Gasteiger partial charge in [0.25, 0.3) is 0 Å². The Hall–Kier alpha value is -1.95. The second-order valence-electron chi connectivity index (χ2n) is 3.78. The van der Waals surface area contributed by atoms with Crippen LogP contribution in [0.1, 0.15) is 11.4 Å². The van der Waals surface area contributed by atoms with Gasteiger partial charge in [0.15, 0.2) is 5.69 Å². The molecule has 0 saturated heterocycles. The topological polar surface area (TPSA) is 84.8 Å². The third kappa shape index (κ3) is 2.19. The lowest BCUT2D eigenvalue weighted by atomic mass is 10.2. The van der Waals surface area contributed by atoms with Crippen LogP contribution in [0.5, 0.6) is 0 Å². The predicted octanol–water partition coefficient (Wildman–Crippen LogP) is 1.59. The first-order valence-corrected chi connectivity index (χ1v) is 6.00. The van der Waals surface area contributed by atoms with E-state index in [9.17, 15) is 4.79 Å². The van der Waals surface area contributed by atoms with Crippen molar-refractivity contribution in [2.75, 3.05) is 0 Å². The quantitative estimate of drug-likeness (QED) is 0.652. The first-order chi connectivity index (χ1) is 8.50. The molecule has 5 nitrogen and oxygen atoms in total. The van der Waals surface area contributed by atoms with Crippen LogP contribution in [-0.4, -0.2) is 15.6 Å². The van der Waals surface area contributed by atoms with Gasteiger partial charge in [-0.1, -0.05) is 12.1 Å². The molecule has 1 aromatic carbocycles. The summed E-state index contributed by atoms with van der Waals surface area (Å²) < 4.78 is 2.43. The molecule has 1 heterocycles. The van der Waals surface area contributed by atoms with E-state index < -0.39 is 0 Å². The molecule has 18 heavy (non-hydrogen) atoms. The van der Waals surface area contributed by atoms with Crippen molar-refractivity contribution < 1.29 is 0 Å². The molecule has 0 amide bonds.